The molecule has 21 heavy (non-hydrogen) atoms. The predicted molar refractivity (Wildman–Crippen MR) is 87.3 cm³/mol. The third-order valence-electron chi connectivity index (χ3n) is 3.11. The molecule has 0 fully saturated rings. The second-order valence-electron chi connectivity index (χ2n) is 5.19. The van der Waals surface area contributed by atoms with Gasteiger partial charge in [0.05, 0.1) is 5.56 Å². The van der Waals surface area contributed by atoms with Gasteiger partial charge in [-0.05, 0) is 36.4 Å². The average molecular weight is 284 g/mol. The molecule has 0 spiro atoms. The van der Waals surface area contributed by atoms with Crippen LogP contribution in [-0.4, -0.2) is 39.1 Å². The summed E-state index contributed by atoms with van der Waals surface area (Å²) in [5, 5.41) is 2.86. The molecule has 0 saturated carbocycles. The SMILES string of the molecule is CN(C)c1ccc(NC(=O)c2ccc(N(C)C)nc2)cc1. The van der Waals surface area contributed by atoms with Crippen LogP contribution in [0.3, 0.4) is 0 Å². The topological polar surface area (TPSA) is 48.5 Å². The zero-order valence-electron chi connectivity index (χ0n) is 12.8. The lowest BCUT2D eigenvalue weighted by atomic mass is 10.2. The van der Waals surface area contributed by atoms with Crippen LogP contribution in [-0.2, 0) is 0 Å². The van der Waals surface area contributed by atoms with E-state index in [1.807, 2.05) is 68.3 Å². The first-order chi connectivity index (χ1) is 9.97. The summed E-state index contributed by atoms with van der Waals surface area (Å²) in [6, 6.07) is 11.3. The van der Waals surface area contributed by atoms with Gasteiger partial charge < -0.3 is 15.1 Å². The van der Waals surface area contributed by atoms with Gasteiger partial charge >= 0.3 is 0 Å². The maximum atomic E-state index is 12.1. The van der Waals surface area contributed by atoms with E-state index in [9.17, 15) is 4.79 Å². The van der Waals surface area contributed by atoms with E-state index in [1.165, 1.54) is 0 Å². The number of rotatable bonds is 4. The molecule has 2 rings (SSSR count). The quantitative estimate of drug-likeness (QED) is 0.937. The number of hydrogen-bond donors (Lipinski definition) is 1. The Morgan fingerprint density at radius 3 is 2.10 bits per heavy atom. The summed E-state index contributed by atoms with van der Waals surface area (Å²) in [5.41, 5.74) is 2.39. The van der Waals surface area contributed by atoms with E-state index >= 15 is 0 Å². The zero-order valence-corrected chi connectivity index (χ0v) is 12.8. The molecular formula is C16H20N4O. The van der Waals surface area contributed by atoms with Gasteiger partial charge in [0.1, 0.15) is 5.82 Å². The number of amides is 1. The Bertz CT molecular complexity index is 603. The van der Waals surface area contributed by atoms with Crippen LogP contribution in [0, 0.1) is 0 Å². The third kappa shape index (κ3) is 3.72. The van der Waals surface area contributed by atoms with Crippen LogP contribution in [0.4, 0.5) is 17.2 Å². The van der Waals surface area contributed by atoms with Crippen LogP contribution < -0.4 is 15.1 Å². The summed E-state index contributed by atoms with van der Waals surface area (Å²) < 4.78 is 0. The fourth-order valence-corrected chi connectivity index (χ4v) is 1.83. The largest absolute Gasteiger partial charge is 0.378 e. The molecule has 1 N–H and O–H groups in total. The van der Waals surface area contributed by atoms with Crippen LogP contribution in [0.2, 0.25) is 0 Å². The van der Waals surface area contributed by atoms with Gasteiger partial charge in [0.25, 0.3) is 5.91 Å². The highest BCUT2D eigenvalue weighted by atomic mass is 16.1. The van der Waals surface area contributed by atoms with Crippen molar-refractivity contribution in [3.63, 3.8) is 0 Å². The van der Waals surface area contributed by atoms with E-state index in [0.29, 0.717) is 5.56 Å². The maximum absolute atomic E-state index is 12.1. The number of hydrogen-bond acceptors (Lipinski definition) is 4. The first-order valence-corrected chi connectivity index (χ1v) is 6.69. The molecule has 0 unspecified atom stereocenters. The monoisotopic (exact) mass is 284 g/mol. The lowest BCUT2D eigenvalue weighted by molar-refractivity contribution is 0.102. The number of nitrogens with zero attached hydrogens (tertiary/aromatic N) is 3. The highest BCUT2D eigenvalue weighted by Crippen LogP contribution is 2.16. The molecule has 0 aliphatic carbocycles. The lowest BCUT2D eigenvalue weighted by Crippen LogP contribution is -2.14. The molecule has 0 saturated heterocycles. The molecule has 1 amide bonds. The van der Waals surface area contributed by atoms with Gasteiger partial charge in [0, 0.05) is 45.8 Å². The number of benzene rings is 1. The number of pyridine rings is 1. The van der Waals surface area contributed by atoms with Crippen molar-refractivity contribution < 1.29 is 4.79 Å². The molecule has 1 aromatic carbocycles. The highest BCUT2D eigenvalue weighted by molar-refractivity contribution is 6.04. The lowest BCUT2D eigenvalue weighted by Gasteiger charge is -2.13. The second kappa shape index (κ2) is 6.26. The van der Waals surface area contributed by atoms with Crippen LogP contribution in [0.1, 0.15) is 10.4 Å². The molecule has 1 aromatic heterocycles. The van der Waals surface area contributed by atoms with Crippen molar-refractivity contribution in [2.75, 3.05) is 43.3 Å². The Labute approximate surface area is 125 Å². The van der Waals surface area contributed by atoms with E-state index in [4.69, 9.17) is 0 Å². The average Bonchev–Trinajstić information content (AvgIpc) is 2.47. The molecule has 5 heteroatoms. The van der Waals surface area contributed by atoms with Crippen LogP contribution in [0.5, 0.6) is 0 Å². The van der Waals surface area contributed by atoms with Gasteiger partial charge in [-0.1, -0.05) is 0 Å². The van der Waals surface area contributed by atoms with Crippen molar-refractivity contribution in [2.24, 2.45) is 0 Å². The predicted octanol–water partition coefficient (Wildman–Crippen LogP) is 2.47. The number of anilines is 3. The van der Waals surface area contributed by atoms with Crippen molar-refractivity contribution in [3.8, 4) is 0 Å². The fraction of sp³-hybridized carbons (Fsp3) is 0.250. The molecule has 0 radical (unpaired) electrons. The van der Waals surface area contributed by atoms with Crippen LogP contribution >= 0.6 is 0 Å². The smallest absolute Gasteiger partial charge is 0.257 e. The van der Waals surface area contributed by atoms with Gasteiger partial charge in [0.2, 0.25) is 0 Å². The van der Waals surface area contributed by atoms with Gasteiger partial charge in [-0.25, -0.2) is 4.98 Å². The number of carbonyl (C=O) groups excluding carboxylic acids is 1. The Morgan fingerprint density at radius 2 is 1.62 bits per heavy atom. The minimum absolute atomic E-state index is 0.162. The zero-order chi connectivity index (χ0) is 15.4. The van der Waals surface area contributed by atoms with Gasteiger partial charge in [-0.2, -0.15) is 0 Å². The van der Waals surface area contributed by atoms with E-state index in [0.717, 1.165) is 17.2 Å². The summed E-state index contributed by atoms with van der Waals surface area (Å²) in [7, 11) is 7.78. The molecule has 0 atom stereocenters. The van der Waals surface area contributed by atoms with Crippen LogP contribution in [0.25, 0.3) is 0 Å². The molecule has 5 nitrogen and oxygen atoms in total. The standard InChI is InChI=1S/C16H20N4O/c1-19(2)14-8-6-13(7-9-14)18-16(21)12-5-10-15(17-11-12)20(3)4/h5-11H,1-4H3,(H,18,21). The second-order valence-corrected chi connectivity index (χ2v) is 5.19. The molecule has 0 aliphatic rings. The van der Waals surface area contributed by atoms with Crippen molar-refractivity contribution in [2.45, 2.75) is 0 Å². The molecular weight excluding hydrogens is 264 g/mol. The maximum Gasteiger partial charge on any atom is 0.257 e. The minimum atomic E-state index is -0.162. The molecule has 0 aliphatic heterocycles. The number of carbonyl (C=O) groups is 1. The van der Waals surface area contributed by atoms with Crippen molar-refractivity contribution >= 4 is 23.1 Å². The normalized spacial score (nSPS) is 10.1. The first-order valence-electron chi connectivity index (χ1n) is 6.69. The summed E-state index contributed by atoms with van der Waals surface area (Å²) in [6.07, 6.45) is 1.58. The summed E-state index contributed by atoms with van der Waals surface area (Å²) in [6.45, 7) is 0. The van der Waals surface area contributed by atoms with Crippen molar-refractivity contribution in [3.05, 3.63) is 48.2 Å². The molecule has 110 valence electrons. The van der Waals surface area contributed by atoms with E-state index < -0.39 is 0 Å². The Morgan fingerprint density at radius 1 is 0.952 bits per heavy atom. The van der Waals surface area contributed by atoms with E-state index in [2.05, 4.69) is 10.3 Å². The Kier molecular flexibility index (Phi) is 4.42. The van der Waals surface area contributed by atoms with Crippen molar-refractivity contribution in [1.82, 2.24) is 4.98 Å². The van der Waals surface area contributed by atoms with E-state index in [1.54, 1.807) is 12.3 Å². The Hall–Kier alpha value is -2.56. The van der Waals surface area contributed by atoms with Gasteiger partial charge in [-0.3, -0.25) is 4.79 Å². The third-order valence-corrected chi connectivity index (χ3v) is 3.11. The van der Waals surface area contributed by atoms with Gasteiger partial charge in [-0.15, -0.1) is 0 Å². The number of nitrogens with one attached hydrogen (secondary N) is 1. The Balaban J connectivity index is 2.06. The molecule has 0 bridgehead atoms. The molecule has 1 heterocycles. The summed E-state index contributed by atoms with van der Waals surface area (Å²) in [4.78, 5) is 20.3. The summed E-state index contributed by atoms with van der Waals surface area (Å²) in [5.74, 6) is 0.660. The first kappa shape index (κ1) is 14.8. The van der Waals surface area contributed by atoms with Crippen LogP contribution in [0.15, 0.2) is 42.6 Å². The number of aromatic nitrogens is 1. The molecule has 2 aromatic rings. The highest BCUT2D eigenvalue weighted by Gasteiger charge is 2.07. The van der Waals surface area contributed by atoms with E-state index in [-0.39, 0.29) is 5.91 Å². The fourth-order valence-electron chi connectivity index (χ4n) is 1.83. The van der Waals surface area contributed by atoms with Crippen molar-refractivity contribution in [1.29, 1.82) is 0 Å². The van der Waals surface area contributed by atoms with Gasteiger partial charge in [0.15, 0.2) is 0 Å². The minimum Gasteiger partial charge on any atom is -0.378 e. The summed E-state index contributed by atoms with van der Waals surface area (Å²) >= 11 is 0.